The number of anilines is 1. The number of hydrogen-bond acceptors (Lipinski definition) is 5. The third-order valence-electron chi connectivity index (χ3n) is 4.36. The van der Waals surface area contributed by atoms with E-state index in [0.29, 0.717) is 16.4 Å². The highest BCUT2D eigenvalue weighted by molar-refractivity contribution is 8.00. The molecule has 0 saturated heterocycles. The minimum absolute atomic E-state index is 0.00605. The first-order valence-corrected chi connectivity index (χ1v) is 9.78. The number of nitrogens with one attached hydrogen (secondary N) is 1. The summed E-state index contributed by atoms with van der Waals surface area (Å²) in [4.78, 5) is 23.8. The van der Waals surface area contributed by atoms with Crippen LogP contribution < -0.4 is 5.32 Å². The van der Waals surface area contributed by atoms with Crippen LogP contribution in [0.4, 0.5) is 5.69 Å². The summed E-state index contributed by atoms with van der Waals surface area (Å²) >= 11 is 1.35. The Labute approximate surface area is 168 Å². The normalized spacial score (nSPS) is 11.9. The van der Waals surface area contributed by atoms with Gasteiger partial charge in [-0.15, -0.1) is 10.2 Å². The Hall–Kier alpha value is -2.93. The Morgan fingerprint density at radius 2 is 1.68 bits per heavy atom. The maximum absolute atomic E-state index is 12.5. The minimum Gasteiger partial charge on any atom is -0.325 e. The van der Waals surface area contributed by atoms with E-state index in [1.54, 1.807) is 24.3 Å². The van der Waals surface area contributed by atoms with Crippen LogP contribution in [-0.2, 0) is 11.8 Å². The third-order valence-corrected chi connectivity index (χ3v) is 5.49. The Bertz CT molecular complexity index is 994. The molecule has 7 heteroatoms. The molecule has 0 spiro atoms. The van der Waals surface area contributed by atoms with Crippen LogP contribution in [0.1, 0.15) is 29.8 Å². The van der Waals surface area contributed by atoms with Crippen LogP contribution in [0.25, 0.3) is 11.4 Å². The van der Waals surface area contributed by atoms with Gasteiger partial charge >= 0.3 is 0 Å². The molecular weight excluding hydrogens is 372 g/mol. The summed E-state index contributed by atoms with van der Waals surface area (Å²) in [5, 5.41) is 11.7. The maximum Gasteiger partial charge on any atom is 0.237 e. The highest BCUT2D eigenvalue weighted by Gasteiger charge is 2.19. The molecule has 28 heavy (non-hydrogen) atoms. The number of aromatic nitrogens is 3. The van der Waals surface area contributed by atoms with Crippen LogP contribution in [0, 0.1) is 6.92 Å². The van der Waals surface area contributed by atoms with Gasteiger partial charge < -0.3 is 9.88 Å². The Morgan fingerprint density at radius 1 is 1.04 bits per heavy atom. The number of Topliss-reactive ketones (excluding diaryl/α,β-unsaturated/α-hetero) is 1. The molecule has 0 bridgehead atoms. The van der Waals surface area contributed by atoms with Gasteiger partial charge in [-0.3, -0.25) is 9.59 Å². The summed E-state index contributed by atoms with van der Waals surface area (Å²) in [6.07, 6.45) is 0. The zero-order valence-electron chi connectivity index (χ0n) is 16.3. The number of rotatable bonds is 6. The molecule has 0 radical (unpaired) electrons. The SMILES string of the molecule is CC(=O)c1ccc(NC(=O)[C@H](C)Sc2nnc(-c3ccc(C)cc3)n2C)cc1. The van der Waals surface area contributed by atoms with Gasteiger partial charge in [0.25, 0.3) is 0 Å². The molecule has 1 amide bonds. The number of carbonyl (C=O) groups excluding carboxylic acids is 2. The molecule has 144 valence electrons. The van der Waals surface area contributed by atoms with Crippen LogP contribution >= 0.6 is 11.8 Å². The highest BCUT2D eigenvalue weighted by atomic mass is 32.2. The van der Waals surface area contributed by atoms with Gasteiger partial charge in [-0.25, -0.2) is 0 Å². The topological polar surface area (TPSA) is 76.9 Å². The predicted molar refractivity (Wildman–Crippen MR) is 112 cm³/mol. The lowest BCUT2D eigenvalue weighted by Crippen LogP contribution is -2.22. The van der Waals surface area contributed by atoms with Gasteiger partial charge in [0.2, 0.25) is 5.91 Å². The first-order chi connectivity index (χ1) is 13.3. The second kappa shape index (κ2) is 8.39. The van der Waals surface area contributed by atoms with Crippen LogP contribution in [-0.4, -0.2) is 31.7 Å². The van der Waals surface area contributed by atoms with Crippen LogP contribution in [0.15, 0.2) is 53.7 Å². The first-order valence-electron chi connectivity index (χ1n) is 8.90. The van der Waals surface area contributed by atoms with Crippen molar-refractivity contribution in [1.29, 1.82) is 0 Å². The molecule has 1 atom stereocenters. The Kier molecular flexibility index (Phi) is 5.94. The van der Waals surface area contributed by atoms with E-state index in [1.807, 2.05) is 49.7 Å². The summed E-state index contributed by atoms with van der Waals surface area (Å²) in [6, 6.07) is 14.9. The molecule has 0 unspecified atom stereocenters. The van der Waals surface area contributed by atoms with E-state index >= 15 is 0 Å². The number of aryl methyl sites for hydroxylation is 1. The van der Waals surface area contributed by atoms with Crippen molar-refractivity contribution in [3.8, 4) is 11.4 Å². The molecule has 6 nitrogen and oxygen atoms in total. The molecule has 0 aliphatic heterocycles. The molecule has 3 rings (SSSR count). The second-order valence-corrected chi connectivity index (χ2v) is 7.92. The monoisotopic (exact) mass is 394 g/mol. The Morgan fingerprint density at radius 3 is 2.29 bits per heavy atom. The smallest absolute Gasteiger partial charge is 0.237 e. The van der Waals surface area contributed by atoms with Crippen molar-refractivity contribution in [2.24, 2.45) is 7.05 Å². The molecule has 1 aromatic heterocycles. The van der Waals surface area contributed by atoms with Crippen molar-refractivity contribution in [1.82, 2.24) is 14.8 Å². The summed E-state index contributed by atoms with van der Waals surface area (Å²) in [6.45, 7) is 5.37. The lowest BCUT2D eigenvalue weighted by molar-refractivity contribution is -0.115. The van der Waals surface area contributed by atoms with Gasteiger partial charge in [0.05, 0.1) is 5.25 Å². The van der Waals surface area contributed by atoms with Gasteiger partial charge in [0.15, 0.2) is 16.8 Å². The van der Waals surface area contributed by atoms with E-state index in [4.69, 9.17) is 0 Å². The van der Waals surface area contributed by atoms with Crippen molar-refractivity contribution < 1.29 is 9.59 Å². The molecular formula is C21H22N4O2S. The summed E-state index contributed by atoms with van der Waals surface area (Å²) < 4.78 is 1.89. The molecule has 0 aliphatic carbocycles. The lowest BCUT2D eigenvalue weighted by Gasteiger charge is -2.12. The largest absolute Gasteiger partial charge is 0.325 e. The fraction of sp³-hybridized carbons (Fsp3) is 0.238. The number of ketones is 1. The summed E-state index contributed by atoms with van der Waals surface area (Å²) in [5.74, 6) is 0.615. The zero-order valence-corrected chi connectivity index (χ0v) is 17.1. The number of nitrogens with zero attached hydrogens (tertiary/aromatic N) is 3. The maximum atomic E-state index is 12.5. The number of thioether (sulfide) groups is 1. The summed E-state index contributed by atoms with van der Waals surface area (Å²) in [7, 11) is 1.89. The van der Waals surface area contributed by atoms with Gasteiger partial charge in [0, 0.05) is 23.9 Å². The third kappa shape index (κ3) is 4.48. The van der Waals surface area contributed by atoms with Crippen molar-refractivity contribution in [3.05, 3.63) is 59.7 Å². The quantitative estimate of drug-likeness (QED) is 0.503. The van der Waals surface area contributed by atoms with Crippen LogP contribution in [0.5, 0.6) is 0 Å². The Balaban J connectivity index is 1.67. The molecule has 1 N–H and O–H groups in total. The van der Waals surface area contributed by atoms with Gasteiger partial charge in [-0.05, 0) is 45.0 Å². The molecule has 1 heterocycles. The average Bonchev–Trinajstić information content (AvgIpc) is 3.03. The number of hydrogen-bond donors (Lipinski definition) is 1. The molecule has 0 saturated carbocycles. The van der Waals surface area contributed by atoms with Crippen molar-refractivity contribution in [2.45, 2.75) is 31.2 Å². The predicted octanol–water partition coefficient (Wildman–Crippen LogP) is 4.11. The fourth-order valence-electron chi connectivity index (χ4n) is 2.62. The van der Waals surface area contributed by atoms with E-state index in [1.165, 1.54) is 24.2 Å². The number of amides is 1. The van der Waals surface area contributed by atoms with Crippen LogP contribution in [0.2, 0.25) is 0 Å². The molecule has 0 fully saturated rings. The molecule has 3 aromatic rings. The van der Waals surface area contributed by atoms with Gasteiger partial charge in [0.1, 0.15) is 0 Å². The molecule has 2 aromatic carbocycles. The van der Waals surface area contributed by atoms with E-state index in [0.717, 1.165) is 11.4 Å². The first kappa shape index (κ1) is 19.8. The highest BCUT2D eigenvalue weighted by Crippen LogP contribution is 2.26. The molecule has 0 aliphatic rings. The summed E-state index contributed by atoms with van der Waals surface area (Å²) in [5.41, 5.74) is 3.43. The lowest BCUT2D eigenvalue weighted by atomic mass is 10.1. The van der Waals surface area contributed by atoms with Gasteiger partial charge in [-0.2, -0.15) is 0 Å². The van der Waals surface area contributed by atoms with Crippen molar-refractivity contribution in [3.63, 3.8) is 0 Å². The van der Waals surface area contributed by atoms with E-state index in [-0.39, 0.29) is 16.9 Å². The number of carbonyl (C=O) groups is 2. The van der Waals surface area contributed by atoms with Crippen molar-refractivity contribution >= 4 is 29.1 Å². The van der Waals surface area contributed by atoms with Gasteiger partial charge in [-0.1, -0.05) is 41.6 Å². The van der Waals surface area contributed by atoms with E-state index in [2.05, 4.69) is 15.5 Å². The van der Waals surface area contributed by atoms with Crippen molar-refractivity contribution in [2.75, 3.05) is 5.32 Å². The van der Waals surface area contributed by atoms with E-state index in [9.17, 15) is 9.59 Å². The zero-order chi connectivity index (χ0) is 20.3. The minimum atomic E-state index is -0.360. The second-order valence-electron chi connectivity index (χ2n) is 6.61. The standard InChI is InChI=1S/C21H22N4O2S/c1-13-5-7-17(8-6-13)19-23-24-21(25(19)4)28-15(3)20(27)22-18-11-9-16(10-12-18)14(2)26/h5-12,15H,1-4H3,(H,22,27)/t15-/m0/s1. The van der Waals surface area contributed by atoms with E-state index < -0.39 is 0 Å². The number of benzene rings is 2. The average molecular weight is 395 g/mol. The van der Waals surface area contributed by atoms with Crippen LogP contribution in [0.3, 0.4) is 0 Å². The fourth-order valence-corrected chi connectivity index (χ4v) is 3.43.